The number of nitriles is 1. The minimum absolute atomic E-state index is 0.137. The molecule has 0 saturated carbocycles. The van der Waals surface area contributed by atoms with Crippen molar-refractivity contribution in [3.63, 3.8) is 0 Å². The molecule has 6 heteroatoms. The van der Waals surface area contributed by atoms with Gasteiger partial charge in [0.25, 0.3) is 5.91 Å². The Labute approximate surface area is 167 Å². The van der Waals surface area contributed by atoms with Crippen molar-refractivity contribution in [2.24, 2.45) is 0 Å². The second-order valence-electron chi connectivity index (χ2n) is 6.72. The number of H-pyrrole nitrogens is 1. The molecular weight excluding hydrogens is 364 g/mol. The van der Waals surface area contributed by atoms with Gasteiger partial charge in [-0.2, -0.15) is 9.99 Å². The lowest BCUT2D eigenvalue weighted by atomic mass is 10.0. The first-order valence-electron chi connectivity index (χ1n) is 9.21. The van der Waals surface area contributed by atoms with Gasteiger partial charge >= 0.3 is 0 Å². The van der Waals surface area contributed by atoms with Crippen LogP contribution in [0, 0.1) is 16.5 Å². The number of aromatic amines is 1. The molecule has 2 aromatic heterocycles. The molecule has 142 valence electrons. The number of aromatic nitrogens is 2. The number of rotatable bonds is 5. The highest BCUT2D eigenvalue weighted by atomic mass is 16.5. The lowest BCUT2D eigenvalue weighted by Gasteiger charge is -2.07. The molecular formula is C23H18N4O2. The van der Waals surface area contributed by atoms with E-state index in [1.165, 1.54) is 12.4 Å². The van der Waals surface area contributed by atoms with Crippen LogP contribution in [0.1, 0.15) is 21.5 Å². The van der Waals surface area contributed by atoms with E-state index in [9.17, 15) is 10.0 Å². The van der Waals surface area contributed by atoms with E-state index in [0.29, 0.717) is 24.1 Å². The number of nitrogens with one attached hydrogen (secondary N) is 2. The van der Waals surface area contributed by atoms with Gasteiger partial charge in [-0.1, -0.05) is 18.2 Å². The van der Waals surface area contributed by atoms with Crippen molar-refractivity contribution in [3.05, 3.63) is 95.1 Å². The minimum Gasteiger partial charge on any atom is -0.619 e. The Morgan fingerprint density at radius 3 is 2.52 bits per heavy atom. The summed E-state index contributed by atoms with van der Waals surface area (Å²) < 4.78 is 0.736. The molecule has 6 nitrogen and oxygen atoms in total. The second kappa shape index (κ2) is 7.87. The standard InChI is InChI=1S/C23H18N4O2/c24-14-20-15-26-22-6-1-16(13-21(20)22)7-10-25-23(28)19-4-2-17(3-5-19)18-8-11-27(29)12-9-18/h1-6,8-9,11-13,15,26H,7,10H2,(H,25,28). The maximum Gasteiger partial charge on any atom is 0.251 e. The Bertz CT molecular complexity index is 1200. The first kappa shape index (κ1) is 18.3. The maximum absolute atomic E-state index is 12.4. The van der Waals surface area contributed by atoms with Crippen molar-refractivity contribution in [2.75, 3.05) is 6.54 Å². The van der Waals surface area contributed by atoms with Crippen molar-refractivity contribution in [1.82, 2.24) is 10.3 Å². The van der Waals surface area contributed by atoms with Crippen LogP contribution in [0.3, 0.4) is 0 Å². The molecule has 0 fully saturated rings. The molecule has 29 heavy (non-hydrogen) atoms. The van der Waals surface area contributed by atoms with Crippen LogP contribution < -0.4 is 10.0 Å². The third-order valence-corrected chi connectivity index (χ3v) is 4.85. The van der Waals surface area contributed by atoms with Crippen LogP contribution in [0.15, 0.2) is 73.2 Å². The molecule has 2 N–H and O–H groups in total. The average molecular weight is 382 g/mol. The first-order chi connectivity index (χ1) is 14.1. The molecule has 2 aromatic carbocycles. The van der Waals surface area contributed by atoms with Gasteiger partial charge in [-0.25, -0.2) is 0 Å². The maximum atomic E-state index is 12.4. The molecule has 2 heterocycles. The van der Waals surface area contributed by atoms with Crippen LogP contribution in [-0.2, 0) is 6.42 Å². The van der Waals surface area contributed by atoms with Crippen LogP contribution in [0.5, 0.6) is 0 Å². The largest absolute Gasteiger partial charge is 0.619 e. The monoisotopic (exact) mass is 382 g/mol. The van der Waals surface area contributed by atoms with Gasteiger partial charge in [-0.3, -0.25) is 4.79 Å². The van der Waals surface area contributed by atoms with Crippen molar-refractivity contribution in [3.8, 4) is 17.2 Å². The summed E-state index contributed by atoms with van der Waals surface area (Å²) in [6, 6.07) is 18.8. The summed E-state index contributed by atoms with van der Waals surface area (Å²) in [5, 5.41) is 24.1. The van der Waals surface area contributed by atoms with Crippen molar-refractivity contribution < 1.29 is 9.52 Å². The Morgan fingerprint density at radius 2 is 1.79 bits per heavy atom. The summed E-state index contributed by atoms with van der Waals surface area (Å²) >= 11 is 0. The summed E-state index contributed by atoms with van der Waals surface area (Å²) in [6.45, 7) is 0.501. The predicted molar refractivity (Wildman–Crippen MR) is 110 cm³/mol. The van der Waals surface area contributed by atoms with Gasteiger partial charge in [0, 0.05) is 41.3 Å². The van der Waals surface area contributed by atoms with E-state index < -0.39 is 0 Å². The molecule has 4 aromatic rings. The molecule has 1 amide bonds. The molecule has 4 rings (SSSR count). The van der Waals surface area contributed by atoms with Crippen LogP contribution >= 0.6 is 0 Å². The second-order valence-corrected chi connectivity index (χ2v) is 6.72. The van der Waals surface area contributed by atoms with Gasteiger partial charge in [-0.05, 0) is 47.4 Å². The number of fused-ring (bicyclic) bond motifs is 1. The predicted octanol–water partition coefficient (Wildman–Crippen LogP) is 3.31. The van der Waals surface area contributed by atoms with E-state index >= 15 is 0 Å². The number of benzene rings is 2. The van der Waals surface area contributed by atoms with Crippen LogP contribution in [-0.4, -0.2) is 17.4 Å². The van der Waals surface area contributed by atoms with E-state index in [2.05, 4.69) is 16.4 Å². The van der Waals surface area contributed by atoms with Gasteiger partial charge in [0.15, 0.2) is 12.4 Å². The molecule has 0 aliphatic rings. The number of amides is 1. The summed E-state index contributed by atoms with van der Waals surface area (Å²) in [5.74, 6) is -0.137. The quantitative estimate of drug-likeness (QED) is 0.409. The average Bonchev–Trinajstić information content (AvgIpc) is 3.17. The molecule has 0 unspecified atom stereocenters. The van der Waals surface area contributed by atoms with Gasteiger partial charge < -0.3 is 15.5 Å². The highest BCUT2D eigenvalue weighted by Gasteiger charge is 2.08. The third-order valence-electron chi connectivity index (χ3n) is 4.85. The molecule has 0 saturated heterocycles. The molecule has 0 aliphatic heterocycles. The number of hydrogen-bond donors (Lipinski definition) is 2. The molecule has 0 bridgehead atoms. The normalized spacial score (nSPS) is 10.6. The highest BCUT2D eigenvalue weighted by molar-refractivity contribution is 5.94. The van der Waals surface area contributed by atoms with E-state index in [0.717, 1.165) is 32.3 Å². The Hall–Kier alpha value is -4.11. The van der Waals surface area contributed by atoms with Gasteiger partial charge in [0.1, 0.15) is 6.07 Å². The molecule has 0 spiro atoms. The number of carbonyl (C=O) groups is 1. The zero-order valence-electron chi connectivity index (χ0n) is 15.6. The molecule has 0 radical (unpaired) electrons. The van der Waals surface area contributed by atoms with E-state index in [-0.39, 0.29) is 5.91 Å². The topological polar surface area (TPSA) is 95.6 Å². The van der Waals surface area contributed by atoms with E-state index in [1.54, 1.807) is 30.5 Å². The highest BCUT2D eigenvalue weighted by Crippen LogP contribution is 2.20. The number of hydrogen-bond acceptors (Lipinski definition) is 3. The summed E-state index contributed by atoms with van der Waals surface area (Å²) in [4.78, 5) is 15.5. The third kappa shape index (κ3) is 3.94. The van der Waals surface area contributed by atoms with Gasteiger partial charge in [-0.15, -0.1) is 0 Å². The summed E-state index contributed by atoms with van der Waals surface area (Å²) in [7, 11) is 0. The van der Waals surface area contributed by atoms with Crippen LogP contribution in [0.25, 0.3) is 22.0 Å². The van der Waals surface area contributed by atoms with E-state index in [1.807, 2.05) is 30.3 Å². The minimum atomic E-state index is -0.137. The fourth-order valence-electron chi connectivity index (χ4n) is 3.26. The van der Waals surface area contributed by atoms with Crippen molar-refractivity contribution in [1.29, 1.82) is 5.26 Å². The smallest absolute Gasteiger partial charge is 0.251 e. The SMILES string of the molecule is N#Cc1c[nH]c2ccc(CCNC(=O)c3ccc(-c4cc[n+]([O-])cc4)cc3)cc12. The van der Waals surface area contributed by atoms with Crippen LogP contribution in [0.4, 0.5) is 0 Å². The summed E-state index contributed by atoms with van der Waals surface area (Å²) in [6.07, 6.45) is 5.27. The zero-order chi connectivity index (χ0) is 20.2. The number of nitrogens with zero attached hydrogens (tertiary/aromatic N) is 2. The zero-order valence-corrected chi connectivity index (χ0v) is 15.6. The van der Waals surface area contributed by atoms with Crippen molar-refractivity contribution >= 4 is 16.8 Å². The molecule has 0 atom stereocenters. The Kier molecular flexibility index (Phi) is 4.95. The summed E-state index contributed by atoms with van der Waals surface area (Å²) in [5.41, 5.74) is 5.05. The van der Waals surface area contributed by atoms with Crippen LogP contribution in [0.2, 0.25) is 0 Å². The molecule has 0 aliphatic carbocycles. The number of pyridine rings is 1. The van der Waals surface area contributed by atoms with Gasteiger partial charge in [0.05, 0.1) is 5.56 Å². The lowest BCUT2D eigenvalue weighted by molar-refractivity contribution is -0.605. The van der Waals surface area contributed by atoms with Crippen molar-refractivity contribution in [2.45, 2.75) is 6.42 Å². The lowest BCUT2D eigenvalue weighted by Crippen LogP contribution is -2.25. The number of carbonyl (C=O) groups excluding carboxylic acids is 1. The Morgan fingerprint density at radius 1 is 1.07 bits per heavy atom. The fraction of sp³-hybridized carbons (Fsp3) is 0.0870. The first-order valence-corrected chi connectivity index (χ1v) is 9.21. The van der Waals surface area contributed by atoms with E-state index in [4.69, 9.17) is 5.26 Å². The Balaban J connectivity index is 1.37. The van der Waals surface area contributed by atoms with Gasteiger partial charge in [0.2, 0.25) is 0 Å². The fourth-order valence-corrected chi connectivity index (χ4v) is 3.26.